The normalized spacial score (nSPS) is 12.8. The van der Waals surface area contributed by atoms with Crippen molar-refractivity contribution in [2.45, 2.75) is 45.6 Å². The van der Waals surface area contributed by atoms with E-state index in [1.54, 1.807) is 0 Å². The van der Waals surface area contributed by atoms with Crippen molar-refractivity contribution in [3.63, 3.8) is 0 Å². The first-order chi connectivity index (χ1) is 9.15. The quantitative estimate of drug-likeness (QED) is 0.879. The fourth-order valence-corrected chi connectivity index (χ4v) is 2.79. The van der Waals surface area contributed by atoms with Crippen LogP contribution in [0.5, 0.6) is 0 Å². The molecule has 2 aromatic heterocycles. The van der Waals surface area contributed by atoms with Crippen LogP contribution in [0.3, 0.4) is 0 Å². The lowest BCUT2D eigenvalue weighted by atomic mass is 10.1. The van der Waals surface area contributed by atoms with Crippen LogP contribution >= 0.6 is 11.5 Å². The van der Waals surface area contributed by atoms with Crippen molar-refractivity contribution in [2.75, 3.05) is 0 Å². The molecule has 0 bridgehead atoms. The van der Waals surface area contributed by atoms with Crippen LogP contribution in [0.25, 0.3) is 0 Å². The molecule has 5 nitrogen and oxygen atoms in total. The molecule has 19 heavy (non-hydrogen) atoms. The number of nitrogens with zero attached hydrogens (tertiary/aromatic N) is 4. The minimum absolute atomic E-state index is 0.540. The maximum Gasteiger partial charge on any atom is 0.0972 e. The van der Waals surface area contributed by atoms with E-state index in [0.29, 0.717) is 6.42 Å². The number of aromatic nitrogens is 4. The van der Waals surface area contributed by atoms with Gasteiger partial charge in [-0.2, -0.15) is 5.10 Å². The summed E-state index contributed by atoms with van der Waals surface area (Å²) in [7, 11) is 1.92. The highest BCUT2D eigenvalue weighted by Gasteiger charge is 2.18. The van der Waals surface area contributed by atoms with Gasteiger partial charge in [-0.25, -0.2) is 0 Å². The third kappa shape index (κ3) is 3.19. The molecule has 0 radical (unpaired) electrons. The highest BCUT2D eigenvalue weighted by Crippen LogP contribution is 2.25. The van der Waals surface area contributed by atoms with E-state index in [9.17, 15) is 5.11 Å². The summed E-state index contributed by atoms with van der Waals surface area (Å²) >= 11 is 1.29. The lowest BCUT2D eigenvalue weighted by Gasteiger charge is -2.09. The molecule has 1 atom stereocenters. The van der Waals surface area contributed by atoms with E-state index in [4.69, 9.17) is 0 Å². The molecule has 0 saturated heterocycles. The number of hydrogen-bond donors (Lipinski definition) is 1. The second-order valence-corrected chi connectivity index (χ2v) is 5.44. The number of aliphatic hydroxyl groups is 1. The summed E-state index contributed by atoms with van der Waals surface area (Å²) in [5.41, 5.74) is 3.03. The predicted molar refractivity (Wildman–Crippen MR) is 75.2 cm³/mol. The van der Waals surface area contributed by atoms with E-state index in [1.165, 1.54) is 11.5 Å². The maximum absolute atomic E-state index is 10.4. The van der Waals surface area contributed by atoms with Crippen LogP contribution in [0.4, 0.5) is 0 Å². The van der Waals surface area contributed by atoms with Crippen LogP contribution in [-0.2, 0) is 26.3 Å². The van der Waals surface area contributed by atoms with Crippen molar-refractivity contribution in [2.24, 2.45) is 7.05 Å². The van der Waals surface area contributed by atoms with Gasteiger partial charge >= 0.3 is 0 Å². The SMILES string of the molecule is CCCc1nnsc1C(O)Cc1cc(CC)nn1C. The van der Waals surface area contributed by atoms with Crippen LogP contribution in [0, 0.1) is 0 Å². The highest BCUT2D eigenvalue weighted by molar-refractivity contribution is 7.05. The number of aryl methyl sites for hydroxylation is 3. The minimum atomic E-state index is -0.540. The molecule has 0 aromatic carbocycles. The molecule has 6 heteroatoms. The number of rotatable bonds is 6. The smallest absolute Gasteiger partial charge is 0.0972 e. The fraction of sp³-hybridized carbons (Fsp3) is 0.615. The third-order valence-electron chi connectivity index (χ3n) is 3.17. The Morgan fingerprint density at radius 3 is 2.84 bits per heavy atom. The summed E-state index contributed by atoms with van der Waals surface area (Å²) in [5, 5.41) is 18.9. The second kappa shape index (κ2) is 6.25. The summed E-state index contributed by atoms with van der Waals surface area (Å²) in [6.07, 6.45) is 2.81. The molecule has 0 fully saturated rings. The number of aliphatic hydroxyl groups excluding tert-OH is 1. The lowest BCUT2D eigenvalue weighted by molar-refractivity contribution is 0.178. The lowest BCUT2D eigenvalue weighted by Crippen LogP contribution is -2.07. The zero-order chi connectivity index (χ0) is 13.8. The first kappa shape index (κ1) is 14.1. The minimum Gasteiger partial charge on any atom is -0.387 e. The van der Waals surface area contributed by atoms with E-state index < -0.39 is 6.10 Å². The van der Waals surface area contributed by atoms with E-state index >= 15 is 0 Å². The Bertz CT molecular complexity index is 534. The van der Waals surface area contributed by atoms with Crippen molar-refractivity contribution in [1.82, 2.24) is 19.4 Å². The average molecular weight is 280 g/mol. The first-order valence-electron chi connectivity index (χ1n) is 6.66. The highest BCUT2D eigenvalue weighted by atomic mass is 32.1. The van der Waals surface area contributed by atoms with Crippen LogP contribution in [0.2, 0.25) is 0 Å². The van der Waals surface area contributed by atoms with Gasteiger partial charge in [0.1, 0.15) is 0 Å². The largest absolute Gasteiger partial charge is 0.387 e. The summed E-state index contributed by atoms with van der Waals surface area (Å²) in [6, 6.07) is 2.05. The number of hydrogen-bond acceptors (Lipinski definition) is 5. The van der Waals surface area contributed by atoms with Gasteiger partial charge in [-0.1, -0.05) is 24.8 Å². The van der Waals surface area contributed by atoms with Crippen LogP contribution in [0.15, 0.2) is 6.07 Å². The summed E-state index contributed by atoms with van der Waals surface area (Å²) in [5.74, 6) is 0. The molecule has 2 heterocycles. The standard InChI is InChI=1S/C13H20N4OS/c1-4-6-11-13(19-16-14-11)12(18)8-10-7-9(5-2)15-17(10)3/h7,12,18H,4-6,8H2,1-3H3. The van der Waals surface area contributed by atoms with Gasteiger partial charge in [0.05, 0.1) is 22.4 Å². The van der Waals surface area contributed by atoms with Crippen molar-refractivity contribution in [3.8, 4) is 0 Å². The molecule has 1 N–H and O–H groups in total. The van der Waals surface area contributed by atoms with Gasteiger partial charge in [0, 0.05) is 19.2 Å². The van der Waals surface area contributed by atoms with Crippen molar-refractivity contribution < 1.29 is 5.11 Å². The Labute approximate surface area is 117 Å². The van der Waals surface area contributed by atoms with E-state index in [0.717, 1.165) is 41.2 Å². The molecule has 1 unspecified atom stereocenters. The van der Waals surface area contributed by atoms with Gasteiger partial charge < -0.3 is 5.11 Å². The summed E-state index contributed by atoms with van der Waals surface area (Å²) in [4.78, 5) is 0.890. The Morgan fingerprint density at radius 1 is 1.42 bits per heavy atom. The third-order valence-corrected chi connectivity index (χ3v) is 4.03. The molecule has 104 valence electrons. The van der Waals surface area contributed by atoms with Gasteiger partial charge in [-0.05, 0) is 30.4 Å². The zero-order valence-corrected chi connectivity index (χ0v) is 12.4. The van der Waals surface area contributed by atoms with Gasteiger partial charge in [0.15, 0.2) is 0 Å². The molecular formula is C13H20N4OS. The molecule has 0 aliphatic carbocycles. The summed E-state index contributed by atoms with van der Waals surface area (Å²) in [6.45, 7) is 4.18. The molecule has 2 aromatic rings. The van der Waals surface area contributed by atoms with Crippen molar-refractivity contribution in [3.05, 3.63) is 28.0 Å². The van der Waals surface area contributed by atoms with Crippen molar-refractivity contribution >= 4 is 11.5 Å². The van der Waals surface area contributed by atoms with Crippen LogP contribution in [0.1, 0.15) is 48.3 Å². The zero-order valence-electron chi connectivity index (χ0n) is 11.6. The predicted octanol–water partition coefficient (Wildman–Crippen LogP) is 2.06. The van der Waals surface area contributed by atoms with E-state index in [2.05, 4.69) is 34.6 Å². The average Bonchev–Trinajstić information content (AvgIpc) is 2.97. The summed E-state index contributed by atoms with van der Waals surface area (Å²) < 4.78 is 5.80. The molecular weight excluding hydrogens is 260 g/mol. The fourth-order valence-electron chi connectivity index (χ4n) is 2.10. The Morgan fingerprint density at radius 2 is 2.21 bits per heavy atom. The van der Waals surface area contributed by atoms with Gasteiger partial charge in [0.2, 0.25) is 0 Å². The maximum atomic E-state index is 10.4. The van der Waals surface area contributed by atoms with Gasteiger partial charge in [0.25, 0.3) is 0 Å². The molecule has 0 spiro atoms. The second-order valence-electron chi connectivity index (χ2n) is 4.66. The topological polar surface area (TPSA) is 63.8 Å². The van der Waals surface area contributed by atoms with Crippen LogP contribution < -0.4 is 0 Å². The molecule has 0 aliphatic heterocycles. The molecule has 2 rings (SSSR count). The van der Waals surface area contributed by atoms with Crippen molar-refractivity contribution in [1.29, 1.82) is 0 Å². The Kier molecular flexibility index (Phi) is 4.66. The molecule has 0 amide bonds. The van der Waals surface area contributed by atoms with Gasteiger partial charge in [-0.3, -0.25) is 4.68 Å². The monoisotopic (exact) mass is 280 g/mol. The Hall–Kier alpha value is -1.27. The van der Waals surface area contributed by atoms with Gasteiger partial charge in [-0.15, -0.1) is 5.10 Å². The van der Waals surface area contributed by atoms with E-state index in [1.807, 2.05) is 11.7 Å². The van der Waals surface area contributed by atoms with Crippen LogP contribution in [-0.4, -0.2) is 24.5 Å². The first-order valence-corrected chi connectivity index (χ1v) is 7.44. The molecule has 0 aliphatic rings. The van der Waals surface area contributed by atoms with E-state index in [-0.39, 0.29) is 0 Å². The Balaban J connectivity index is 2.13. The molecule has 0 saturated carbocycles.